The number of unbranched alkanes of at least 4 members (excludes halogenated alkanes) is 8. The van der Waals surface area contributed by atoms with Gasteiger partial charge in [-0.2, -0.15) is 12.6 Å². The lowest BCUT2D eigenvalue weighted by Crippen LogP contribution is -2.08. The molecule has 1 N–H and O–H groups in total. The van der Waals surface area contributed by atoms with Crippen LogP contribution in [0, 0.1) is 0 Å². The van der Waals surface area contributed by atoms with E-state index in [1.54, 1.807) is 80.8 Å². The van der Waals surface area contributed by atoms with Crippen molar-refractivity contribution in [2.45, 2.75) is 105 Å². The smallest absolute Gasteiger partial charge is 0.343 e. The van der Waals surface area contributed by atoms with Crippen LogP contribution in [0.3, 0.4) is 0 Å². The Morgan fingerprint density at radius 2 is 0.821 bits per heavy atom. The molecule has 0 aliphatic heterocycles. The Balaban J connectivity index is 0.00000115. The van der Waals surface area contributed by atoms with Crippen LogP contribution < -0.4 is 18.9 Å². The molecule has 4 rings (SSSR count). The minimum absolute atomic E-state index is 0.250. The summed E-state index contributed by atoms with van der Waals surface area (Å²) in [7, 11) is 0. The van der Waals surface area contributed by atoms with Crippen LogP contribution in [0.15, 0.2) is 127 Å². The minimum atomic E-state index is -0.392. The van der Waals surface area contributed by atoms with Crippen molar-refractivity contribution >= 4 is 43.0 Å². The highest BCUT2D eigenvalue weighted by atomic mass is 32.1. The first kappa shape index (κ1) is 60.7. The van der Waals surface area contributed by atoms with Gasteiger partial charge in [0.1, 0.15) is 23.0 Å². The molecule has 13 heteroatoms. The van der Waals surface area contributed by atoms with Crippen LogP contribution >= 0.6 is 12.6 Å². The van der Waals surface area contributed by atoms with E-state index in [0.29, 0.717) is 60.2 Å². The molecule has 366 valence electrons. The zero-order chi connectivity index (χ0) is 50.1. The molecular weight excluding hydrogens is 873 g/mol. The average molecular weight is 945 g/mol. The van der Waals surface area contributed by atoms with Gasteiger partial charge in [0.05, 0.1) is 37.6 Å². The SMILES string of the molecule is C=C(C)C(=O)OCCCCCCCOc1ccc(C(=O)Oc2ccc(CC)cc2)cc1.C=C(C)C(=O)OCCCCCCCOc1ccc(C(=O)Oc2ccccc2)cc1.CC.CS.O=CO. The fourth-order valence-corrected chi connectivity index (χ4v) is 5.41. The van der Waals surface area contributed by atoms with E-state index in [4.69, 9.17) is 38.3 Å². The molecule has 0 heterocycles. The number of thiol groups is 1. The van der Waals surface area contributed by atoms with Gasteiger partial charge in [-0.15, -0.1) is 0 Å². The minimum Gasteiger partial charge on any atom is -0.494 e. The lowest BCUT2D eigenvalue weighted by atomic mass is 10.1. The van der Waals surface area contributed by atoms with Crippen LogP contribution in [0.2, 0.25) is 0 Å². The molecule has 4 aromatic rings. The Labute approximate surface area is 404 Å². The van der Waals surface area contributed by atoms with E-state index in [0.717, 1.165) is 82.1 Å². The maximum Gasteiger partial charge on any atom is 0.343 e. The van der Waals surface area contributed by atoms with E-state index in [2.05, 4.69) is 32.7 Å². The third-order valence-electron chi connectivity index (χ3n) is 8.95. The van der Waals surface area contributed by atoms with Gasteiger partial charge in [0.2, 0.25) is 0 Å². The number of rotatable bonds is 25. The van der Waals surface area contributed by atoms with Crippen molar-refractivity contribution in [1.29, 1.82) is 0 Å². The van der Waals surface area contributed by atoms with Crippen LogP contribution in [-0.4, -0.2) is 68.1 Å². The zero-order valence-electron chi connectivity index (χ0n) is 40.3. The second-order valence-electron chi connectivity index (χ2n) is 14.3. The Bertz CT molecular complexity index is 1960. The lowest BCUT2D eigenvalue weighted by molar-refractivity contribution is -0.139. The largest absolute Gasteiger partial charge is 0.494 e. The number of ether oxygens (including phenoxy) is 6. The van der Waals surface area contributed by atoms with Gasteiger partial charge in [0, 0.05) is 11.1 Å². The molecule has 0 spiro atoms. The van der Waals surface area contributed by atoms with Gasteiger partial charge in [-0.1, -0.05) is 103 Å². The van der Waals surface area contributed by atoms with Crippen molar-refractivity contribution in [1.82, 2.24) is 0 Å². The second-order valence-corrected chi connectivity index (χ2v) is 14.3. The average Bonchev–Trinajstić information content (AvgIpc) is 3.35. The first-order chi connectivity index (χ1) is 32.5. The monoisotopic (exact) mass is 944 g/mol. The van der Waals surface area contributed by atoms with Gasteiger partial charge >= 0.3 is 23.9 Å². The van der Waals surface area contributed by atoms with Crippen molar-refractivity contribution in [2.24, 2.45) is 0 Å². The Kier molecular flexibility index (Phi) is 36.2. The number of para-hydroxylation sites is 1. The Morgan fingerprint density at radius 1 is 0.507 bits per heavy atom. The summed E-state index contributed by atoms with van der Waals surface area (Å²) in [5.74, 6) is 1.10. The van der Waals surface area contributed by atoms with Crippen molar-refractivity contribution in [3.63, 3.8) is 0 Å². The summed E-state index contributed by atoms with van der Waals surface area (Å²) in [4.78, 5) is 55.2. The molecule has 0 aromatic heterocycles. The lowest BCUT2D eigenvalue weighted by Gasteiger charge is -2.08. The first-order valence-corrected chi connectivity index (χ1v) is 23.6. The summed E-state index contributed by atoms with van der Waals surface area (Å²) in [6.45, 7) is 18.4. The number of carboxylic acid groups (broad SMARTS) is 1. The van der Waals surface area contributed by atoms with Crippen LogP contribution in [0.25, 0.3) is 0 Å². The molecular formula is C54H72O12S. The highest BCUT2D eigenvalue weighted by molar-refractivity contribution is 7.79. The first-order valence-electron chi connectivity index (χ1n) is 22.7. The summed E-state index contributed by atoms with van der Waals surface area (Å²) in [5.41, 5.74) is 3.03. The molecule has 0 aliphatic carbocycles. The normalized spacial score (nSPS) is 9.60. The van der Waals surface area contributed by atoms with Gasteiger partial charge in [0.25, 0.3) is 6.47 Å². The van der Waals surface area contributed by atoms with Gasteiger partial charge < -0.3 is 33.5 Å². The standard InChI is InChI=1S/C26H32O5.C24H28O5.C2H6.CH2O2.CH4S/c1-4-21-10-14-24(15-11-21)31-26(28)22-12-16-23(17-13-22)29-18-8-6-5-7-9-19-30-25(27)20(2)3;1-19(2)23(25)28-18-10-5-3-4-9-17-27-21-15-13-20(14-16-21)24(26)29-22-11-7-6-8-12-22;1-2;2-1-3;1-2/h10-17H,2,4-9,18-19H2,1,3H3;6-8,11-16H,1,3-5,9-10,17-18H2,2H3;1-2H3;1H,(H,2,3);2H,1H3. The highest BCUT2D eigenvalue weighted by Gasteiger charge is 2.10. The molecule has 0 amide bonds. The number of aryl methyl sites for hydroxylation is 1. The number of benzene rings is 4. The molecule has 0 radical (unpaired) electrons. The molecule has 0 saturated carbocycles. The fourth-order valence-electron chi connectivity index (χ4n) is 5.41. The van der Waals surface area contributed by atoms with E-state index in [1.165, 1.54) is 5.56 Å². The number of carbonyl (C=O) groups excluding carboxylic acids is 4. The van der Waals surface area contributed by atoms with Gasteiger partial charge in [0.15, 0.2) is 0 Å². The third-order valence-corrected chi connectivity index (χ3v) is 8.95. The fraction of sp³-hybridized carbons (Fsp3) is 0.389. The van der Waals surface area contributed by atoms with Crippen LogP contribution in [-0.2, 0) is 30.3 Å². The summed E-state index contributed by atoms with van der Waals surface area (Å²) >= 11 is 3.53. The van der Waals surface area contributed by atoms with Crippen molar-refractivity contribution < 1.29 is 57.5 Å². The zero-order valence-corrected chi connectivity index (χ0v) is 41.2. The topological polar surface area (TPSA) is 161 Å². The maximum atomic E-state index is 12.3. The molecule has 0 fully saturated rings. The Morgan fingerprint density at radius 3 is 1.16 bits per heavy atom. The van der Waals surface area contributed by atoms with E-state index in [9.17, 15) is 19.2 Å². The van der Waals surface area contributed by atoms with Crippen molar-refractivity contribution in [3.8, 4) is 23.0 Å². The highest BCUT2D eigenvalue weighted by Crippen LogP contribution is 2.19. The molecule has 4 aromatic carbocycles. The van der Waals surface area contributed by atoms with Gasteiger partial charge in [-0.25, -0.2) is 19.2 Å². The number of hydrogen-bond donors (Lipinski definition) is 2. The molecule has 0 saturated heterocycles. The van der Waals surface area contributed by atoms with Crippen LogP contribution in [0.1, 0.15) is 125 Å². The molecule has 12 nitrogen and oxygen atoms in total. The van der Waals surface area contributed by atoms with Crippen molar-refractivity contribution in [2.75, 3.05) is 32.7 Å². The van der Waals surface area contributed by atoms with Gasteiger partial charge in [-0.05, 0) is 131 Å². The number of esters is 4. The quantitative estimate of drug-likeness (QED) is 0.0162. The van der Waals surface area contributed by atoms with E-state index in [-0.39, 0.29) is 24.4 Å². The predicted octanol–water partition coefficient (Wildman–Crippen LogP) is 12.5. The Hall–Kier alpha value is -6.34. The number of hydrogen-bond acceptors (Lipinski definition) is 12. The van der Waals surface area contributed by atoms with E-state index in [1.807, 2.05) is 56.3 Å². The molecule has 0 atom stereocenters. The molecule has 67 heavy (non-hydrogen) atoms. The van der Waals surface area contributed by atoms with Gasteiger partial charge in [-0.3, -0.25) is 4.79 Å². The number of carbonyl (C=O) groups is 5. The molecule has 0 unspecified atom stereocenters. The second kappa shape index (κ2) is 40.0. The molecule has 0 aliphatic rings. The van der Waals surface area contributed by atoms with Crippen molar-refractivity contribution in [3.05, 3.63) is 144 Å². The maximum absolute atomic E-state index is 12.3. The summed E-state index contributed by atoms with van der Waals surface area (Å²) in [6.07, 6.45) is 12.5. The summed E-state index contributed by atoms with van der Waals surface area (Å²) in [5, 5.41) is 6.89. The molecule has 0 bridgehead atoms. The third kappa shape index (κ3) is 29.7. The summed E-state index contributed by atoms with van der Waals surface area (Å²) < 4.78 is 32.3. The predicted molar refractivity (Wildman–Crippen MR) is 269 cm³/mol. The van der Waals surface area contributed by atoms with E-state index >= 15 is 0 Å². The van der Waals surface area contributed by atoms with E-state index < -0.39 is 5.97 Å². The summed E-state index contributed by atoms with van der Waals surface area (Å²) in [6, 6.07) is 30.5. The van der Waals surface area contributed by atoms with Crippen LogP contribution in [0.4, 0.5) is 0 Å². The van der Waals surface area contributed by atoms with Crippen LogP contribution in [0.5, 0.6) is 23.0 Å².